The number of benzene rings is 2. The second kappa shape index (κ2) is 6.12. The van der Waals surface area contributed by atoms with Gasteiger partial charge in [0, 0.05) is 12.4 Å². The maximum absolute atomic E-state index is 4.69. The van der Waals surface area contributed by atoms with Crippen molar-refractivity contribution in [3.63, 3.8) is 0 Å². The fourth-order valence-corrected chi connectivity index (χ4v) is 4.90. The van der Waals surface area contributed by atoms with Gasteiger partial charge in [-0.15, -0.1) is 0 Å². The average molecular weight is 400 g/mol. The van der Waals surface area contributed by atoms with Gasteiger partial charge in [-0.25, -0.2) is 13.7 Å². The molecule has 7 rings (SSSR count). The van der Waals surface area contributed by atoms with Crippen LogP contribution in [0.5, 0.6) is 0 Å². The largest absolute Gasteiger partial charge is 0.275 e. The summed E-state index contributed by atoms with van der Waals surface area (Å²) in [6.07, 6.45) is 5.72. The molecule has 5 heterocycles. The summed E-state index contributed by atoms with van der Waals surface area (Å²) in [5.41, 5.74) is 8.00. The van der Waals surface area contributed by atoms with Crippen LogP contribution in [0, 0.1) is 0 Å². The molecular formula is C26H18N5+. The van der Waals surface area contributed by atoms with E-state index in [4.69, 9.17) is 0 Å². The van der Waals surface area contributed by atoms with E-state index in [1.54, 1.807) is 0 Å². The molecule has 0 aliphatic carbocycles. The number of hydrogen-bond acceptors (Lipinski definition) is 2. The molecular weight excluding hydrogens is 382 g/mol. The zero-order valence-corrected chi connectivity index (χ0v) is 16.7. The van der Waals surface area contributed by atoms with Gasteiger partial charge in [0.15, 0.2) is 5.52 Å². The molecule has 31 heavy (non-hydrogen) atoms. The highest BCUT2D eigenvalue weighted by molar-refractivity contribution is 6.06. The van der Waals surface area contributed by atoms with Crippen molar-refractivity contribution in [3.05, 3.63) is 103 Å². The van der Waals surface area contributed by atoms with Gasteiger partial charge in [0.1, 0.15) is 23.4 Å². The van der Waals surface area contributed by atoms with E-state index in [1.165, 1.54) is 22.3 Å². The molecule has 6 aromatic rings. The van der Waals surface area contributed by atoms with Gasteiger partial charge in [0.05, 0.1) is 22.8 Å². The maximum Gasteiger partial charge on any atom is 0.275 e. The monoisotopic (exact) mass is 400 g/mol. The lowest BCUT2D eigenvalue weighted by atomic mass is 10.2. The lowest BCUT2D eigenvalue weighted by Gasteiger charge is -2.04. The molecule has 0 saturated heterocycles. The number of pyridine rings is 2. The van der Waals surface area contributed by atoms with Gasteiger partial charge in [-0.1, -0.05) is 36.4 Å². The molecule has 0 spiro atoms. The summed E-state index contributed by atoms with van der Waals surface area (Å²) in [6.45, 7) is 0.748. The Kier molecular flexibility index (Phi) is 3.27. The van der Waals surface area contributed by atoms with Crippen molar-refractivity contribution in [2.75, 3.05) is 0 Å². The van der Waals surface area contributed by atoms with E-state index >= 15 is 0 Å². The van der Waals surface area contributed by atoms with Crippen LogP contribution in [0.4, 0.5) is 0 Å². The molecule has 0 fully saturated rings. The SMILES string of the molecule is c1ccc(-n2c3[n+](c4c2c2ccncc2n4-c2ccccc2)Cc2ncccc2-3)cc1. The van der Waals surface area contributed by atoms with Crippen molar-refractivity contribution >= 4 is 22.1 Å². The van der Waals surface area contributed by atoms with Crippen LogP contribution in [0.3, 0.4) is 0 Å². The Labute approximate surface area is 178 Å². The lowest BCUT2D eigenvalue weighted by Crippen LogP contribution is -2.33. The van der Waals surface area contributed by atoms with Crippen LogP contribution in [0.2, 0.25) is 0 Å². The van der Waals surface area contributed by atoms with E-state index in [9.17, 15) is 0 Å². The number of rotatable bonds is 2. The number of aromatic nitrogens is 5. The van der Waals surface area contributed by atoms with Crippen molar-refractivity contribution in [1.29, 1.82) is 0 Å². The van der Waals surface area contributed by atoms with Crippen molar-refractivity contribution in [2.45, 2.75) is 6.54 Å². The normalized spacial score (nSPS) is 12.4. The Balaban J connectivity index is 1.73. The minimum absolute atomic E-state index is 0.748. The molecule has 4 aromatic heterocycles. The molecule has 0 radical (unpaired) electrons. The van der Waals surface area contributed by atoms with Crippen LogP contribution in [0.15, 0.2) is 97.5 Å². The standard InChI is InChI=1S/C26H18N5/c1-3-8-18(9-4-1)30-23-16-27-15-13-21(23)24-26(30)29-17-22-20(12-7-14-28-22)25(29)31(24)19-10-5-2-6-11-19/h1-16H,17H2/q+1. The van der Waals surface area contributed by atoms with Crippen LogP contribution >= 0.6 is 0 Å². The summed E-state index contributed by atoms with van der Waals surface area (Å²) in [6, 6.07) is 27.4. The average Bonchev–Trinajstić information content (AvgIpc) is 3.47. The molecule has 2 aromatic carbocycles. The van der Waals surface area contributed by atoms with Gasteiger partial charge in [-0.05, 0) is 42.5 Å². The minimum Gasteiger partial charge on any atom is -0.261 e. The fraction of sp³-hybridized carbons (Fsp3) is 0.0385. The van der Waals surface area contributed by atoms with Crippen LogP contribution in [-0.2, 0) is 6.54 Å². The van der Waals surface area contributed by atoms with Gasteiger partial charge in [0.2, 0.25) is 5.82 Å². The molecule has 0 bridgehead atoms. The van der Waals surface area contributed by atoms with Crippen LogP contribution in [-0.4, -0.2) is 19.1 Å². The second-order valence-electron chi connectivity index (χ2n) is 7.81. The maximum atomic E-state index is 4.69. The van der Waals surface area contributed by atoms with Gasteiger partial charge in [0.25, 0.3) is 5.65 Å². The van der Waals surface area contributed by atoms with Crippen LogP contribution < -0.4 is 4.57 Å². The summed E-state index contributed by atoms with van der Waals surface area (Å²) >= 11 is 0. The van der Waals surface area contributed by atoms with Crippen molar-refractivity contribution in [1.82, 2.24) is 19.1 Å². The van der Waals surface area contributed by atoms with E-state index in [2.05, 4.69) is 96.5 Å². The first-order valence-electron chi connectivity index (χ1n) is 10.4. The van der Waals surface area contributed by atoms with Crippen molar-refractivity contribution < 1.29 is 4.57 Å². The molecule has 5 nitrogen and oxygen atoms in total. The van der Waals surface area contributed by atoms with E-state index in [-0.39, 0.29) is 0 Å². The Morgan fingerprint density at radius 1 is 0.742 bits per heavy atom. The van der Waals surface area contributed by atoms with Gasteiger partial charge in [-0.2, -0.15) is 0 Å². The first kappa shape index (κ1) is 16.5. The Morgan fingerprint density at radius 2 is 1.48 bits per heavy atom. The number of fused-ring (bicyclic) bond motifs is 7. The zero-order valence-electron chi connectivity index (χ0n) is 16.7. The van der Waals surface area contributed by atoms with E-state index in [1.807, 2.05) is 24.7 Å². The molecule has 0 atom stereocenters. The Bertz CT molecular complexity index is 1590. The summed E-state index contributed by atoms with van der Waals surface area (Å²) in [5.74, 6) is 1.17. The second-order valence-corrected chi connectivity index (χ2v) is 7.81. The first-order chi connectivity index (χ1) is 15.4. The van der Waals surface area contributed by atoms with Crippen molar-refractivity contribution in [2.24, 2.45) is 0 Å². The summed E-state index contributed by atoms with van der Waals surface area (Å²) in [4.78, 5) is 9.15. The highest BCUT2D eigenvalue weighted by atomic mass is 15.3. The summed E-state index contributed by atoms with van der Waals surface area (Å²) in [7, 11) is 0. The van der Waals surface area contributed by atoms with Crippen LogP contribution in [0.1, 0.15) is 5.69 Å². The molecule has 0 saturated carbocycles. The first-order valence-corrected chi connectivity index (χ1v) is 10.4. The highest BCUT2D eigenvalue weighted by Crippen LogP contribution is 2.38. The third-order valence-corrected chi connectivity index (χ3v) is 6.13. The number of para-hydroxylation sites is 2. The molecule has 0 N–H and O–H groups in total. The molecule has 146 valence electrons. The lowest BCUT2D eigenvalue weighted by molar-refractivity contribution is -0.648. The number of hydrogen-bond donors (Lipinski definition) is 0. The van der Waals surface area contributed by atoms with Crippen LogP contribution in [0.25, 0.3) is 44.8 Å². The predicted octanol–water partition coefficient (Wildman–Crippen LogP) is 4.68. The Hall–Kier alpha value is -4.25. The molecule has 5 heteroatoms. The quantitative estimate of drug-likeness (QED) is 0.395. The molecule has 0 unspecified atom stereocenters. The Morgan fingerprint density at radius 3 is 2.26 bits per heavy atom. The smallest absolute Gasteiger partial charge is 0.261 e. The van der Waals surface area contributed by atoms with Gasteiger partial charge >= 0.3 is 0 Å². The minimum atomic E-state index is 0.748. The number of imidazole rings is 1. The number of nitrogens with zero attached hydrogens (tertiary/aromatic N) is 5. The summed E-state index contributed by atoms with van der Waals surface area (Å²) < 4.78 is 7.10. The highest BCUT2D eigenvalue weighted by Gasteiger charge is 2.38. The molecule has 1 aliphatic rings. The summed E-state index contributed by atoms with van der Waals surface area (Å²) in [5, 5.41) is 1.19. The molecule has 1 aliphatic heterocycles. The van der Waals surface area contributed by atoms with E-state index in [0.29, 0.717) is 0 Å². The topological polar surface area (TPSA) is 39.5 Å². The third-order valence-electron chi connectivity index (χ3n) is 6.13. The van der Waals surface area contributed by atoms with E-state index in [0.717, 1.165) is 34.8 Å². The van der Waals surface area contributed by atoms with E-state index < -0.39 is 0 Å². The zero-order chi connectivity index (χ0) is 20.4. The predicted molar refractivity (Wildman–Crippen MR) is 120 cm³/mol. The molecule has 0 amide bonds. The van der Waals surface area contributed by atoms with Gasteiger partial charge in [-0.3, -0.25) is 9.97 Å². The van der Waals surface area contributed by atoms with Crippen molar-refractivity contribution in [3.8, 4) is 22.8 Å². The fourth-order valence-electron chi connectivity index (χ4n) is 4.90. The third kappa shape index (κ3) is 2.17. The van der Waals surface area contributed by atoms with Gasteiger partial charge < -0.3 is 0 Å².